The van der Waals surface area contributed by atoms with E-state index >= 15 is 0 Å². The molecule has 21 heavy (non-hydrogen) atoms. The summed E-state index contributed by atoms with van der Waals surface area (Å²) in [6, 6.07) is 14.8. The van der Waals surface area contributed by atoms with Gasteiger partial charge in [-0.15, -0.1) is 12.6 Å². The molecule has 0 spiro atoms. The summed E-state index contributed by atoms with van der Waals surface area (Å²) in [6.45, 7) is 5.09. The first-order valence-electron chi connectivity index (χ1n) is 7.05. The Kier molecular flexibility index (Phi) is 3.84. The van der Waals surface area contributed by atoms with E-state index in [2.05, 4.69) is 90.7 Å². The van der Waals surface area contributed by atoms with E-state index in [-0.39, 0.29) is 0 Å². The maximum absolute atomic E-state index is 4.65. The van der Waals surface area contributed by atoms with E-state index in [1.54, 1.807) is 0 Å². The Bertz CT molecular complexity index is 760. The van der Waals surface area contributed by atoms with E-state index in [4.69, 9.17) is 0 Å². The Labute approximate surface area is 131 Å². The molecule has 3 heteroatoms. The molecule has 0 atom stereocenters. The fraction of sp³-hybridized carbons (Fsp3) is 0.167. The number of rotatable bonds is 3. The standard InChI is InChI=1S/C18H18N2S/c1-14-10-15(2)18(21)17(11-14)20-9-8-19(13-20)12-16-6-4-3-5-7-16/h3-11,13H,12H2,1-2H3/p+1. The van der Waals surface area contributed by atoms with Crippen LogP contribution in [0.15, 0.2) is 66.1 Å². The summed E-state index contributed by atoms with van der Waals surface area (Å²) >= 11 is 4.65. The van der Waals surface area contributed by atoms with Gasteiger partial charge in [-0.1, -0.05) is 36.4 Å². The third kappa shape index (κ3) is 3.03. The van der Waals surface area contributed by atoms with Crippen LogP contribution in [0.3, 0.4) is 0 Å². The Hall–Kier alpha value is -2.00. The molecule has 1 heterocycles. The van der Waals surface area contributed by atoms with Gasteiger partial charge in [0.05, 0.1) is 4.90 Å². The van der Waals surface area contributed by atoms with Crippen LogP contribution >= 0.6 is 12.6 Å². The average molecular weight is 295 g/mol. The van der Waals surface area contributed by atoms with Gasteiger partial charge in [-0.2, -0.15) is 0 Å². The fourth-order valence-electron chi connectivity index (χ4n) is 2.56. The van der Waals surface area contributed by atoms with Crippen molar-refractivity contribution in [3.63, 3.8) is 0 Å². The van der Waals surface area contributed by atoms with Crippen LogP contribution in [0.4, 0.5) is 0 Å². The number of aromatic nitrogens is 2. The zero-order valence-electron chi connectivity index (χ0n) is 12.3. The van der Waals surface area contributed by atoms with Crippen molar-refractivity contribution in [3.05, 3.63) is 77.9 Å². The molecule has 3 rings (SSSR count). The topological polar surface area (TPSA) is 8.81 Å². The van der Waals surface area contributed by atoms with Crippen LogP contribution in [0.25, 0.3) is 5.69 Å². The van der Waals surface area contributed by atoms with Crippen molar-refractivity contribution in [3.8, 4) is 5.69 Å². The lowest BCUT2D eigenvalue weighted by molar-refractivity contribution is -0.687. The normalized spacial score (nSPS) is 10.8. The molecule has 0 amide bonds. The predicted molar refractivity (Wildman–Crippen MR) is 88.2 cm³/mol. The van der Waals surface area contributed by atoms with Gasteiger partial charge in [0.2, 0.25) is 6.33 Å². The molecule has 0 aliphatic heterocycles. The zero-order chi connectivity index (χ0) is 14.8. The van der Waals surface area contributed by atoms with Gasteiger partial charge in [0.1, 0.15) is 24.6 Å². The summed E-state index contributed by atoms with van der Waals surface area (Å²) in [5.41, 5.74) is 4.88. The van der Waals surface area contributed by atoms with Gasteiger partial charge in [0.25, 0.3) is 0 Å². The Morgan fingerprint density at radius 2 is 1.86 bits per heavy atom. The lowest BCUT2D eigenvalue weighted by Gasteiger charge is -2.05. The second-order valence-electron chi connectivity index (χ2n) is 5.43. The van der Waals surface area contributed by atoms with Gasteiger partial charge < -0.3 is 0 Å². The number of nitrogens with zero attached hydrogens (tertiary/aromatic N) is 2. The molecule has 0 N–H and O–H groups in total. The van der Waals surface area contributed by atoms with Crippen molar-refractivity contribution in [2.75, 3.05) is 0 Å². The molecule has 0 fully saturated rings. The Morgan fingerprint density at radius 1 is 1.10 bits per heavy atom. The summed E-state index contributed by atoms with van der Waals surface area (Å²) in [4.78, 5) is 1.03. The third-order valence-electron chi connectivity index (χ3n) is 3.60. The summed E-state index contributed by atoms with van der Waals surface area (Å²) in [5.74, 6) is 0. The highest BCUT2D eigenvalue weighted by Crippen LogP contribution is 2.23. The van der Waals surface area contributed by atoms with Crippen molar-refractivity contribution < 1.29 is 4.57 Å². The maximum atomic E-state index is 4.65. The third-order valence-corrected chi connectivity index (χ3v) is 4.18. The molecular formula is C18H19N2S+. The summed E-state index contributed by atoms with van der Waals surface area (Å²) in [7, 11) is 0. The highest BCUT2D eigenvalue weighted by molar-refractivity contribution is 7.80. The van der Waals surface area contributed by atoms with Gasteiger partial charge in [-0.3, -0.25) is 0 Å². The monoisotopic (exact) mass is 295 g/mol. The van der Waals surface area contributed by atoms with Crippen LogP contribution in [-0.4, -0.2) is 4.57 Å². The highest BCUT2D eigenvalue weighted by Gasteiger charge is 2.12. The van der Waals surface area contributed by atoms with Gasteiger partial charge in [-0.05, 0) is 36.6 Å². The zero-order valence-corrected chi connectivity index (χ0v) is 13.2. The second kappa shape index (κ2) is 5.78. The molecule has 0 saturated carbocycles. The van der Waals surface area contributed by atoms with Crippen LogP contribution in [0, 0.1) is 13.8 Å². The maximum Gasteiger partial charge on any atom is 0.249 e. The van der Waals surface area contributed by atoms with E-state index < -0.39 is 0 Å². The Morgan fingerprint density at radius 3 is 2.62 bits per heavy atom. The van der Waals surface area contributed by atoms with Gasteiger partial charge in [0.15, 0.2) is 0 Å². The summed E-state index contributed by atoms with van der Waals surface area (Å²) in [6.07, 6.45) is 6.29. The van der Waals surface area contributed by atoms with E-state index in [0.717, 1.165) is 17.1 Å². The smallest absolute Gasteiger partial charge is 0.232 e. The van der Waals surface area contributed by atoms with Crippen LogP contribution in [0.1, 0.15) is 16.7 Å². The minimum Gasteiger partial charge on any atom is -0.232 e. The fourth-order valence-corrected chi connectivity index (χ4v) is 2.80. The van der Waals surface area contributed by atoms with Gasteiger partial charge in [0, 0.05) is 0 Å². The number of hydrogen-bond donors (Lipinski definition) is 1. The molecule has 3 aromatic rings. The van der Waals surface area contributed by atoms with E-state index in [9.17, 15) is 0 Å². The van der Waals surface area contributed by atoms with Crippen LogP contribution < -0.4 is 4.57 Å². The molecule has 106 valence electrons. The Balaban J connectivity index is 1.92. The average Bonchev–Trinajstić information content (AvgIpc) is 2.92. The first-order valence-corrected chi connectivity index (χ1v) is 7.50. The van der Waals surface area contributed by atoms with Crippen molar-refractivity contribution in [1.82, 2.24) is 4.57 Å². The molecular weight excluding hydrogens is 276 g/mol. The number of aryl methyl sites for hydroxylation is 2. The SMILES string of the molecule is Cc1cc(C)c(S)c(-n2cc[n+](Cc3ccccc3)c2)c1. The first-order chi connectivity index (χ1) is 10.1. The van der Waals surface area contributed by atoms with Crippen LogP contribution in [-0.2, 0) is 6.54 Å². The highest BCUT2D eigenvalue weighted by atomic mass is 32.1. The van der Waals surface area contributed by atoms with Crippen LogP contribution in [0.5, 0.6) is 0 Å². The lowest BCUT2D eigenvalue weighted by atomic mass is 10.1. The molecule has 0 saturated heterocycles. The molecule has 0 bridgehead atoms. The number of hydrogen-bond acceptors (Lipinski definition) is 1. The van der Waals surface area contributed by atoms with Crippen molar-refractivity contribution in [1.29, 1.82) is 0 Å². The summed E-state index contributed by atoms with van der Waals surface area (Å²) in [5, 5.41) is 0. The largest absolute Gasteiger partial charge is 0.249 e. The molecule has 0 radical (unpaired) electrons. The quantitative estimate of drug-likeness (QED) is 0.557. The lowest BCUT2D eigenvalue weighted by Crippen LogP contribution is -2.31. The first kappa shape index (κ1) is 14.0. The van der Waals surface area contributed by atoms with Crippen molar-refractivity contribution in [2.24, 2.45) is 0 Å². The molecule has 0 aliphatic carbocycles. The minimum atomic E-state index is 0.876. The molecule has 0 aliphatic rings. The predicted octanol–water partition coefficient (Wildman–Crippen LogP) is 3.72. The van der Waals surface area contributed by atoms with Gasteiger partial charge >= 0.3 is 0 Å². The molecule has 0 unspecified atom stereocenters. The van der Waals surface area contributed by atoms with Crippen molar-refractivity contribution in [2.45, 2.75) is 25.3 Å². The molecule has 1 aromatic heterocycles. The van der Waals surface area contributed by atoms with Crippen LogP contribution in [0.2, 0.25) is 0 Å². The minimum absolute atomic E-state index is 0.876. The number of imidazole rings is 1. The second-order valence-corrected chi connectivity index (χ2v) is 5.88. The van der Waals surface area contributed by atoms with E-state index in [1.807, 2.05) is 6.07 Å². The summed E-state index contributed by atoms with van der Waals surface area (Å²) < 4.78 is 4.31. The number of benzene rings is 2. The molecule has 2 nitrogen and oxygen atoms in total. The van der Waals surface area contributed by atoms with E-state index in [1.165, 1.54) is 16.7 Å². The van der Waals surface area contributed by atoms with Gasteiger partial charge in [-0.25, -0.2) is 9.13 Å². The number of thiol groups is 1. The molecule has 2 aromatic carbocycles. The van der Waals surface area contributed by atoms with E-state index in [0.29, 0.717) is 0 Å². The van der Waals surface area contributed by atoms with Crippen molar-refractivity contribution >= 4 is 12.6 Å².